The van der Waals surface area contributed by atoms with E-state index in [1.54, 1.807) is 6.92 Å². The van der Waals surface area contributed by atoms with Gasteiger partial charge in [-0.15, -0.1) is 0 Å². The Labute approximate surface area is 130 Å². The quantitative estimate of drug-likeness (QED) is 0.941. The molecule has 1 fully saturated rings. The fourth-order valence-corrected chi connectivity index (χ4v) is 2.47. The lowest BCUT2D eigenvalue weighted by Gasteiger charge is -2.18. The summed E-state index contributed by atoms with van der Waals surface area (Å²) in [6.45, 7) is 1.60. The maximum Gasteiger partial charge on any atom is 0.231 e. The minimum absolute atomic E-state index is 0.0978. The Hall–Kier alpha value is -2.77. The zero-order valence-corrected chi connectivity index (χ0v) is 12.2. The lowest BCUT2D eigenvalue weighted by Crippen LogP contribution is -2.29. The first-order valence-electron chi connectivity index (χ1n) is 6.93. The van der Waals surface area contributed by atoms with Gasteiger partial charge in [-0.1, -0.05) is 11.2 Å². The molecule has 1 saturated heterocycles. The van der Waals surface area contributed by atoms with Crippen LogP contribution in [0.2, 0.25) is 0 Å². The van der Waals surface area contributed by atoms with Crippen molar-refractivity contribution in [3.8, 4) is 0 Å². The third kappa shape index (κ3) is 2.79. The summed E-state index contributed by atoms with van der Waals surface area (Å²) in [5.41, 5.74) is 0.213. The van der Waals surface area contributed by atoms with E-state index >= 15 is 0 Å². The molecule has 0 spiro atoms. The van der Waals surface area contributed by atoms with E-state index in [9.17, 15) is 18.4 Å². The Bertz CT molecular complexity index is 755. The molecule has 120 valence electrons. The van der Waals surface area contributed by atoms with Gasteiger partial charge in [0.25, 0.3) is 0 Å². The van der Waals surface area contributed by atoms with Gasteiger partial charge in [0.1, 0.15) is 23.6 Å². The Morgan fingerprint density at radius 3 is 2.70 bits per heavy atom. The third-order valence-corrected chi connectivity index (χ3v) is 3.69. The zero-order valence-electron chi connectivity index (χ0n) is 12.2. The molecule has 1 aromatic heterocycles. The molecule has 0 bridgehead atoms. The van der Waals surface area contributed by atoms with E-state index in [4.69, 9.17) is 4.52 Å². The number of aromatic nitrogens is 1. The van der Waals surface area contributed by atoms with Gasteiger partial charge in [-0.2, -0.15) is 0 Å². The minimum atomic E-state index is -0.841. The van der Waals surface area contributed by atoms with E-state index in [0.717, 1.165) is 17.0 Å². The van der Waals surface area contributed by atoms with Crippen LogP contribution in [0.4, 0.5) is 20.3 Å². The average Bonchev–Trinajstić information content (AvgIpc) is 3.06. The van der Waals surface area contributed by atoms with Crippen LogP contribution in [-0.2, 0) is 9.59 Å². The second-order valence-corrected chi connectivity index (χ2v) is 5.31. The lowest BCUT2D eigenvalue weighted by molar-refractivity contribution is -0.122. The van der Waals surface area contributed by atoms with Gasteiger partial charge in [-0.25, -0.2) is 8.78 Å². The number of carbonyl (C=O) groups is 2. The molecule has 1 aliphatic heterocycles. The summed E-state index contributed by atoms with van der Waals surface area (Å²) in [5, 5.41) is 6.17. The highest BCUT2D eigenvalue weighted by atomic mass is 19.1. The topological polar surface area (TPSA) is 75.4 Å². The SMILES string of the molecule is Cc1conc1NC(=O)[C@@H]1CC(=O)N(c2c(F)cccc2F)C1. The summed E-state index contributed by atoms with van der Waals surface area (Å²) >= 11 is 0. The highest BCUT2D eigenvalue weighted by Crippen LogP contribution is 2.30. The molecule has 0 saturated carbocycles. The lowest BCUT2D eigenvalue weighted by atomic mass is 10.1. The molecule has 3 rings (SSSR count). The normalized spacial score (nSPS) is 17.6. The van der Waals surface area contributed by atoms with Crippen molar-refractivity contribution < 1.29 is 22.9 Å². The Kier molecular flexibility index (Phi) is 3.81. The molecular formula is C15H13F2N3O3. The Balaban J connectivity index is 1.77. The van der Waals surface area contributed by atoms with Crippen molar-refractivity contribution in [3.63, 3.8) is 0 Å². The molecule has 0 unspecified atom stereocenters. The van der Waals surface area contributed by atoms with E-state index in [1.807, 2.05) is 0 Å². The van der Waals surface area contributed by atoms with Crippen LogP contribution in [0.1, 0.15) is 12.0 Å². The number of aryl methyl sites for hydroxylation is 1. The van der Waals surface area contributed by atoms with Crippen LogP contribution in [-0.4, -0.2) is 23.5 Å². The number of para-hydroxylation sites is 1. The van der Waals surface area contributed by atoms with Gasteiger partial charge in [0.05, 0.1) is 5.92 Å². The van der Waals surface area contributed by atoms with Crippen molar-refractivity contribution in [2.24, 2.45) is 5.92 Å². The minimum Gasteiger partial charge on any atom is -0.362 e. The zero-order chi connectivity index (χ0) is 16.6. The van der Waals surface area contributed by atoms with E-state index in [1.165, 1.54) is 12.3 Å². The molecule has 8 heteroatoms. The second-order valence-electron chi connectivity index (χ2n) is 5.31. The standard InChI is InChI=1S/C15H13F2N3O3/c1-8-7-23-19-14(8)18-15(22)9-5-12(21)20(6-9)13-10(16)3-2-4-11(13)17/h2-4,7,9H,5-6H2,1H3,(H,18,19,22)/t9-/m1/s1. The fourth-order valence-electron chi connectivity index (χ4n) is 2.47. The van der Waals surface area contributed by atoms with Crippen molar-refractivity contribution in [1.29, 1.82) is 0 Å². The van der Waals surface area contributed by atoms with Crippen molar-refractivity contribution in [2.45, 2.75) is 13.3 Å². The van der Waals surface area contributed by atoms with Crippen molar-refractivity contribution in [2.75, 3.05) is 16.8 Å². The maximum absolute atomic E-state index is 13.8. The summed E-state index contributed by atoms with van der Waals surface area (Å²) in [6, 6.07) is 3.35. The monoisotopic (exact) mass is 321 g/mol. The largest absolute Gasteiger partial charge is 0.362 e. The molecule has 1 aromatic carbocycles. The first-order chi connectivity index (χ1) is 11.0. The molecule has 0 aliphatic carbocycles. The summed E-state index contributed by atoms with van der Waals surface area (Å²) < 4.78 is 32.3. The van der Waals surface area contributed by atoms with E-state index < -0.39 is 35.1 Å². The summed E-state index contributed by atoms with van der Waals surface area (Å²) in [6.07, 6.45) is 1.24. The molecule has 6 nitrogen and oxygen atoms in total. The molecule has 1 atom stereocenters. The Morgan fingerprint density at radius 1 is 1.39 bits per heavy atom. The van der Waals surface area contributed by atoms with Gasteiger partial charge in [-0.05, 0) is 19.1 Å². The number of benzene rings is 1. The number of nitrogens with zero attached hydrogens (tertiary/aromatic N) is 2. The maximum atomic E-state index is 13.8. The molecule has 2 heterocycles. The van der Waals surface area contributed by atoms with Gasteiger partial charge in [0.15, 0.2) is 5.82 Å². The molecule has 1 aliphatic rings. The van der Waals surface area contributed by atoms with Gasteiger partial charge in [0, 0.05) is 18.5 Å². The third-order valence-electron chi connectivity index (χ3n) is 3.69. The molecule has 0 radical (unpaired) electrons. The number of hydrogen-bond donors (Lipinski definition) is 1. The first-order valence-corrected chi connectivity index (χ1v) is 6.93. The van der Waals surface area contributed by atoms with Crippen LogP contribution >= 0.6 is 0 Å². The van der Waals surface area contributed by atoms with Crippen LogP contribution in [0, 0.1) is 24.5 Å². The first kappa shape index (κ1) is 15.1. The number of rotatable bonds is 3. The Morgan fingerprint density at radius 2 is 2.09 bits per heavy atom. The van der Waals surface area contributed by atoms with E-state index in [0.29, 0.717) is 5.56 Å². The van der Waals surface area contributed by atoms with E-state index in [2.05, 4.69) is 10.5 Å². The van der Waals surface area contributed by atoms with E-state index in [-0.39, 0.29) is 18.8 Å². The second kappa shape index (κ2) is 5.79. The highest BCUT2D eigenvalue weighted by Gasteiger charge is 2.37. The highest BCUT2D eigenvalue weighted by molar-refractivity contribution is 6.03. The number of hydrogen-bond acceptors (Lipinski definition) is 4. The van der Waals surface area contributed by atoms with Crippen LogP contribution in [0.25, 0.3) is 0 Å². The van der Waals surface area contributed by atoms with Crippen LogP contribution < -0.4 is 10.2 Å². The number of anilines is 2. The summed E-state index contributed by atoms with van der Waals surface area (Å²) in [7, 11) is 0. The molecule has 2 aromatic rings. The van der Waals surface area contributed by atoms with Gasteiger partial charge >= 0.3 is 0 Å². The molecule has 23 heavy (non-hydrogen) atoms. The number of amides is 2. The number of halogens is 2. The average molecular weight is 321 g/mol. The fraction of sp³-hybridized carbons (Fsp3) is 0.267. The van der Waals surface area contributed by atoms with Gasteiger partial charge < -0.3 is 14.7 Å². The smallest absolute Gasteiger partial charge is 0.231 e. The van der Waals surface area contributed by atoms with Crippen molar-refractivity contribution >= 4 is 23.3 Å². The number of carbonyl (C=O) groups excluding carboxylic acids is 2. The van der Waals surface area contributed by atoms with Crippen molar-refractivity contribution in [3.05, 3.63) is 41.7 Å². The molecule has 2 amide bonds. The predicted molar refractivity (Wildman–Crippen MR) is 76.7 cm³/mol. The summed E-state index contributed by atoms with van der Waals surface area (Å²) in [5.74, 6) is -3.10. The predicted octanol–water partition coefficient (Wildman–Crippen LogP) is 2.25. The number of nitrogens with one attached hydrogen (secondary N) is 1. The van der Waals surface area contributed by atoms with Gasteiger partial charge in [-0.3, -0.25) is 9.59 Å². The van der Waals surface area contributed by atoms with Crippen LogP contribution in [0.3, 0.4) is 0 Å². The van der Waals surface area contributed by atoms with Crippen LogP contribution in [0.15, 0.2) is 29.0 Å². The van der Waals surface area contributed by atoms with Crippen molar-refractivity contribution in [1.82, 2.24) is 5.16 Å². The van der Waals surface area contributed by atoms with Gasteiger partial charge in [0.2, 0.25) is 11.8 Å². The molecule has 1 N–H and O–H groups in total. The van der Waals surface area contributed by atoms with Crippen LogP contribution in [0.5, 0.6) is 0 Å². The summed E-state index contributed by atoms with van der Waals surface area (Å²) in [4.78, 5) is 25.2. The molecular weight excluding hydrogens is 308 g/mol.